The Labute approximate surface area is 144 Å². The number of hydrogen-bond acceptors (Lipinski definition) is 3. The van der Waals surface area contributed by atoms with E-state index in [1.54, 1.807) is 13.2 Å². The van der Waals surface area contributed by atoms with E-state index in [4.69, 9.17) is 4.74 Å². The number of ether oxygens (including phenoxy) is 1. The number of amides is 2. The number of hydrogen-bond donors (Lipinski definition) is 0. The van der Waals surface area contributed by atoms with Crippen LogP contribution in [0.1, 0.15) is 42.6 Å². The molecule has 0 radical (unpaired) electrons. The number of nitrogens with zero attached hydrogens (tertiary/aromatic N) is 2. The van der Waals surface area contributed by atoms with E-state index in [1.807, 2.05) is 28.9 Å². The highest BCUT2D eigenvalue weighted by molar-refractivity contribution is 5.94. The van der Waals surface area contributed by atoms with Gasteiger partial charge < -0.3 is 14.5 Å². The van der Waals surface area contributed by atoms with Gasteiger partial charge in [0.05, 0.1) is 7.11 Å². The van der Waals surface area contributed by atoms with Gasteiger partial charge in [0.25, 0.3) is 5.91 Å². The van der Waals surface area contributed by atoms with Crippen LogP contribution in [0.25, 0.3) is 0 Å². The molecule has 0 saturated carbocycles. The first kappa shape index (κ1) is 18.3. The van der Waals surface area contributed by atoms with Crippen LogP contribution >= 0.6 is 0 Å². The molecule has 5 heteroatoms. The number of benzene rings is 1. The van der Waals surface area contributed by atoms with Crippen molar-refractivity contribution in [1.29, 1.82) is 0 Å². The maximum Gasteiger partial charge on any atom is 0.253 e. The van der Waals surface area contributed by atoms with Gasteiger partial charge in [-0.15, -0.1) is 0 Å². The molecule has 1 saturated heterocycles. The predicted octanol–water partition coefficient (Wildman–Crippen LogP) is 2.72. The van der Waals surface area contributed by atoms with Crippen molar-refractivity contribution in [3.63, 3.8) is 0 Å². The Morgan fingerprint density at radius 2 is 1.79 bits per heavy atom. The molecule has 0 N–H and O–H groups in total. The maximum absolute atomic E-state index is 12.7. The maximum atomic E-state index is 12.7. The molecule has 24 heavy (non-hydrogen) atoms. The summed E-state index contributed by atoms with van der Waals surface area (Å²) in [7, 11) is 1.63. The molecule has 0 bridgehead atoms. The molecule has 1 aliphatic rings. The molecule has 1 aromatic carbocycles. The van der Waals surface area contributed by atoms with Crippen LogP contribution in [0.2, 0.25) is 0 Å². The Kier molecular flexibility index (Phi) is 6.23. The van der Waals surface area contributed by atoms with Crippen molar-refractivity contribution >= 4 is 11.8 Å². The van der Waals surface area contributed by atoms with Crippen molar-refractivity contribution in [2.24, 2.45) is 5.92 Å². The van der Waals surface area contributed by atoms with Crippen molar-refractivity contribution in [2.75, 3.05) is 33.3 Å². The predicted molar refractivity (Wildman–Crippen MR) is 94.3 cm³/mol. The minimum Gasteiger partial charge on any atom is -0.496 e. The second-order valence-corrected chi connectivity index (χ2v) is 6.81. The van der Waals surface area contributed by atoms with Gasteiger partial charge in [0.2, 0.25) is 5.91 Å². The molecule has 1 aromatic rings. The van der Waals surface area contributed by atoms with Crippen LogP contribution in [-0.2, 0) is 4.79 Å². The van der Waals surface area contributed by atoms with Gasteiger partial charge in [-0.25, -0.2) is 0 Å². The lowest BCUT2D eigenvalue weighted by molar-refractivity contribution is -0.131. The van der Waals surface area contributed by atoms with Gasteiger partial charge in [0.1, 0.15) is 5.75 Å². The van der Waals surface area contributed by atoms with E-state index in [1.165, 1.54) is 0 Å². The molecule has 1 fully saturated rings. The summed E-state index contributed by atoms with van der Waals surface area (Å²) in [5.41, 5.74) is 1.63. The molecule has 0 spiro atoms. The topological polar surface area (TPSA) is 49.9 Å². The lowest BCUT2D eigenvalue weighted by Crippen LogP contribution is -2.37. The first-order valence-electron chi connectivity index (χ1n) is 8.64. The number of aryl methyl sites for hydroxylation is 1. The lowest BCUT2D eigenvalue weighted by Gasteiger charge is -2.23. The summed E-state index contributed by atoms with van der Waals surface area (Å²) in [6, 6.07) is 5.51. The highest BCUT2D eigenvalue weighted by atomic mass is 16.5. The first-order chi connectivity index (χ1) is 11.4. The summed E-state index contributed by atoms with van der Waals surface area (Å²) >= 11 is 0. The SMILES string of the molecule is COc1ccc(C(=O)N2CCCN(C(=O)CC(C)C)CC2)cc1C. The monoisotopic (exact) mass is 332 g/mol. The zero-order chi connectivity index (χ0) is 17.7. The number of carbonyl (C=O) groups is 2. The molecule has 5 nitrogen and oxygen atoms in total. The van der Waals surface area contributed by atoms with Crippen LogP contribution in [0.5, 0.6) is 5.75 Å². The second kappa shape index (κ2) is 8.18. The van der Waals surface area contributed by atoms with Crippen molar-refractivity contribution in [3.8, 4) is 5.75 Å². The third kappa shape index (κ3) is 4.49. The van der Waals surface area contributed by atoms with E-state index in [9.17, 15) is 9.59 Å². The van der Waals surface area contributed by atoms with Crippen molar-refractivity contribution in [2.45, 2.75) is 33.6 Å². The Balaban J connectivity index is 2.01. The van der Waals surface area contributed by atoms with Gasteiger partial charge in [-0.2, -0.15) is 0 Å². The van der Waals surface area contributed by atoms with E-state index < -0.39 is 0 Å². The molecule has 0 aromatic heterocycles. The second-order valence-electron chi connectivity index (χ2n) is 6.81. The quantitative estimate of drug-likeness (QED) is 0.852. The van der Waals surface area contributed by atoms with Gasteiger partial charge >= 0.3 is 0 Å². The van der Waals surface area contributed by atoms with E-state index in [0.717, 1.165) is 24.3 Å². The molecule has 0 atom stereocenters. The Bertz CT molecular complexity index is 598. The minimum atomic E-state index is 0.0268. The van der Waals surface area contributed by atoms with Gasteiger partial charge in [0, 0.05) is 38.2 Å². The van der Waals surface area contributed by atoms with Crippen LogP contribution < -0.4 is 4.74 Å². The van der Waals surface area contributed by atoms with Crippen LogP contribution in [0, 0.1) is 12.8 Å². The minimum absolute atomic E-state index is 0.0268. The molecular formula is C19H28N2O3. The molecule has 2 amide bonds. The third-order valence-corrected chi connectivity index (χ3v) is 4.36. The highest BCUT2D eigenvalue weighted by Gasteiger charge is 2.23. The smallest absolute Gasteiger partial charge is 0.253 e. The fraction of sp³-hybridized carbons (Fsp3) is 0.579. The van der Waals surface area contributed by atoms with Crippen molar-refractivity contribution in [1.82, 2.24) is 9.80 Å². The highest BCUT2D eigenvalue weighted by Crippen LogP contribution is 2.20. The van der Waals surface area contributed by atoms with Gasteiger partial charge in [-0.1, -0.05) is 13.8 Å². The standard InChI is InChI=1S/C19H28N2O3/c1-14(2)12-18(22)20-8-5-9-21(11-10-20)19(23)16-6-7-17(24-4)15(3)13-16/h6-7,13-14H,5,8-12H2,1-4H3. The summed E-state index contributed by atoms with van der Waals surface area (Å²) in [5.74, 6) is 1.37. The average molecular weight is 332 g/mol. The summed E-state index contributed by atoms with van der Waals surface area (Å²) in [5, 5.41) is 0. The largest absolute Gasteiger partial charge is 0.496 e. The number of carbonyl (C=O) groups excluding carboxylic acids is 2. The Morgan fingerprint density at radius 1 is 1.12 bits per heavy atom. The number of rotatable bonds is 4. The van der Waals surface area contributed by atoms with Crippen molar-refractivity contribution < 1.29 is 14.3 Å². The number of methoxy groups -OCH3 is 1. The zero-order valence-electron chi connectivity index (χ0n) is 15.2. The normalized spacial score (nSPS) is 15.4. The van der Waals surface area contributed by atoms with Crippen molar-refractivity contribution in [3.05, 3.63) is 29.3 Å². The Hall–Kier alpha value is -2.04. The van der Waals surface area contributed by atoms with E-state index >= 15 is 0 Å². The molecular weight excluding hydrogens is 304 g/mol. The van der Waals surface area contributed by atoms with E-state index in [-0.39, 0.29) is 11.8 Å². The Morgan fingerprint density at radius 3 is 2.42 bits per heavy atom. The molecule has 0 unspecified atom stereocenters. The molecule has 132 valence electrons. The third-order valence-electron chi connectivity index (χ3n) is 4.36. The molecule has 0 aliphatic carbocycles. The fourth-order valence-corrected chi connectivity index (χ4v) is 3.04. The fourth-order valence-electron chi connectivity index (χ4n) is 3.04. The van der Waals surface area contributed by atoms with Crippen LogP contribution in [0.15, 0.2) is 18.2 Å². The van der Waals surface area contributed by atoms with Gasteiger partial charge in [-0.3, -0.25) is 9.59 Å². The van der Waals surface area contributed by atoms with E-state index in [2.05, 4.69) is 13.8 Å². The van der Waals surface area contributed by atoms with E-state index in [0.29, 0.717) is 37.5 Å². The summed E-state index contributed by atoms with van der Waals surface area (Å²) in [6.45, 7) is 8.67. The van der Waals surface area contributed by atoms with Crippen LogP contribution in [0.4, 0.5) is 0 Å². The average Bonchev–Trinajstić information content (AvgIpc) is 2.79. The van der Waals surface area contributed by atoms with Crippen LogP contribution in [0.3, 0.4) is 0 Å². The molecule has 2 rings (SSSR count). The summed E-state index contributed by atoms with van der Waals surface area (Å²) in [6.07, 6.45) is 1.40. The molecule has 1 aliphatic heterocycles. The van der Waals surface area contributed by atoms with Gasteiger partial charge in [-0.05, 0) is 43.0 Å². The summed E-state index contributed by atoms with van der Waals surface area (Å²) < 4.78 is 5.25. The lowest BCUT2D eigenvalue weighted by atomic mass is 10.1. The molecule has 1 heterocycles. The first-order valence-corrected chi connectivity index (χ1v) is 8.64. The van der Waals surface area contributed by atoms with Gasteiger partial charge in [0.15, 0.2) is 0 Å². The summed E-state index contributed by atoms with van der Waals surface area (Å²) in [4.78, 5) is 28.7. The van der Waals surface area contributed by atoms with Crippen LogP contribution in [-0.4, -0.2) is 54.9 Å². The zero-order valence-corrected chi connectivity index (χ0v) is 15.2.